The average molecular weight is 326 g/mol. The van der Waals surface area contributed by atoms with Crippen molar-refractivity contribution < 1.29 is 18.8 Å². The van der Waals surface area contributed by atoms with Crippen molar-refractivity contribution >= 4 is 23.4 Å². The SMILES string of the molecule is Cc1ccc(NC(=O)[C@H](C)N2C(=O)c3ccccc3C2=O)cc1F. The topological polar surface area (TPSA) is 66.5 Å². The van der Waals surface area contributed by atoms with Gasteiger partial charge < -0.3 is 5.32 Å². The molecule has 1 N–H and O–H groups in total. The zero-order chi connectivity index (χ0) is 17.4. The molecule has 2 aromatic carbocycles. The molecular weight excluding hydrogens is 311 g/mol. The van der Waals surface area contributed by atoms with Gasteiger partial charge in [0.15, 0.2) is 0 Å². The van der Waals surface area contributed by atoms with E-state index < -0.39 is 29.6 Å². The standard InChI is InChI=1S/C18H15FN2O3/c1-10-7-8-12(9-15(10)19)20-16(22)11(2)21-17(23)13-5-3-4-6-14(13)18(21)24/h3-9,11H,1-2H3,(H,20,22)/t11-/m0/s1. The number of fused-ring (bicyclic) bond motifs is 1. The van der Waals surface area contributed by atoms with E-state index in [9.17, 15) is 18.8 Å². The van der Waals surface area contributed by atoms with Crippen LogP contribution in [0.4, 0.5) is 10.1 Å². The molecule has 0 spiro atoms. The van der Waals surface area contributed by atoms with E-state index in [0.29, 0.717) is 5.56 Å². The second kappa shape index (κ2) is 5.88. The number of nitrogens with zero attached hydrogens (tertiary/aromatic N) is 1. The minimum Gasteiger partial charge on any atom is -0.324 e. The van der Waals surface area contributed by atoms with Gasteiger partial charge in [-0.25, -0.2) is 4.39 Å². The summed E-state index contributed by atoms with van der Waals surface area (Å²) in [7, 11) is 0. The van der Waals surface area contributed by atoms with Crippen LogP contribution in [0.1, 0.15) is 33.2 Å². The summed E-state index contributed by atoms with van der Waals surface area (Å²) >= 11 is 0. The lowest BCUT2D eigenvalue weighted by Gasteiger charge is -2.21. The number of rotatable bonds is 3. The van der Waals surface area contributed by atoms with E-state index in [1.165, 1.54) is 19.1 Å². The maximum Gasteiger partial charge on any atom is 0.262 e. The summed E-state index contributed by atoms with van der Waals surface area (Å²) in [6.45, 7) is 3.07. The van der Waals surface area contributed by atoms with E-state index in [0.717, 1.165) is 4.90 Å². The van der Waals surface area contributed by atoms with Crippen LogP contribution in [0.25, 0.3) is 0 Å². The molecule has 0 aromatic heterocycles. The number of hydrogen-bond acceptors (Lipinski definition) is 3. The third-order valence-electron chi connectivity index (χ3n) is 4.03. The number of imide groups is 1. The van der Waals surface area contributed by atoms with E-state index in [4.69, 9.17) is 0 Å². The number of carbonyl (C=O) groups is 3. The van der Waals surface area contributed by atoms with E-state index in [2.05, 4.69) is 5.32 Å². The van der Waals surface area contributed by atoms with Gasteiger partial charge in [-0.2, -0.15) is 0 Å². The van der Waals surface area contributed by atoms with E-state index in [1.54, 1.807) is 37.3 Å². The molecule has 1 aliphatic rings. The first-order valence-electron chi connectivity index (χ1n) is 7.44. The van der Waals surface area contributed by atoms with E-state index in [-0.39, 0.29) is 16.8 Å². The molecule has 3 amide bonds. The molecule has 0 aliphatic carbocycles. The number of hydrogen-bond donors (Lipinski definition) is 1. The monoisotopic (exact) mass is 326 g/mol. The number of anilines is 1. The molecule has 0 saturated carbocycles. The molecule has 6 heteroatoms. The molecule has 3 rings (SSSR count). The van der Waals surface area contributed by atoms with Gasteiger partial charge >= 0.3 is 0 Å². The lowest BCUT2D eigenvalue weighted by molar-refractivity contribution is -0.119. The van der Waals surface area contributed by atoms with Gasteiger partial charge in [0.1, 0.15) is 11.9 Å². The highest BCUT2D eigenvalue weighted by atomic mass is 19.1. The Hall–Kier alpha value is -3.02. The highest BCUT2D eigenvalue weighted by Crippen LogP contribution is 2.25. The Bertz CT molecular complexity index is 828. The fourth-order valence-corrected chi connectivity index (χ4v) is 2.59. The highest BCUT2D eigenvalue weighted by Gasteiger charge is 2.40. The quantitative estimate of drug-likeness (QED) is 0.882. The minimum absolute atomic E-state index is 0.270. The van der Waals surface area contributed by atoms with E-state index >= 15 is 0 Å². The summed E-state index contributed by atoms with van der Waals surface area (Å²) in [4.78, 5) is 38.0. The third kappa shape index (κ3) is 2.56. The molecule has 5 nitrogen and oxygen atoms in total. The lowest BCUT2D eigenvalue weighted by atomic mass is 10.1. The molecule has 0 radical (unpaired) electrons. The highest BCUT2D eigenvalue weighted by molar-refractivity contribution is 6.23. The van der Waals surface area contributed by atoms with Crippen molar-refractivity contribution in [1.29, 1.82) is 0 Å². The van der Waals surface area contributed by atoms with Gasteiger partial charge in [0, 0.05) is 5.69 Å². The van der Waals surface area contributed by atoms with Gasteiger partial charge in [-0.3, -0.25) is 19.3 Å². The van der Waals surface area contributed by atoms with Crippen LogP contribution in [-0.2, 0) is 4.79 Å². The maximum atomic E-state index is 13.6. The summed E-state index contributed by atoms with van der Waals surface area (Å²) in [5.74, 6) is -2.02. The normalized spacial score (nSPS) is 14.5. The maximum absolute atomic E-state index is 13.6. The summed E-state index contributed by atoms with van der Waals surface area (Å²) in [5.41, 5.74) is 1.29. The van der Waals surface area contributed by atoms with Gasteiger partial charge in [-0.05, 0) is 43.7 Å². The van der Waals surface area contributed by atoms with Crippen molar-refractivity contribution in [2.75, 3.05) is 5.32 Å². The zero-order valence-electron chi connectivity index (χ0n) is 13.2. The van der Waals surface area contributed by atoms with Crippen LogP contribution in [0, 0.1) is 12.7 Å². The Balaban J connectivity index is 1.80. The molecule has 122 valence electrons. The number of aryl methyl sites for hydroxylation is 1. The van der Waals surface area contributed by atoms with Crippen molar-refractivity contribution in [2.24, 2.45) is 0 Å². The van der Waals surface area contributed by atoms with Crippen LogP contribution in [0.15, 0.2) is 42.5 Å². The Morgan fingerprint density at radius 3 is 2.21 bits per heavy atom. The lowest BCUT2D eigenvalue weighted by Crippen LogP contribution is -2.45. The molecule has 1 aliphatic heterocycles. The average Bonchev–Trinajstić information content (AvgIpc) is 2.82. The van der Waals surface area contributed by atoms with Crippen LogP contribution in [0.5, 0.6) is 0 Å². The number of amides is 3. The Kier molecular flexibility index (Phi) is 3.89. The molecular formula is C18H15FN2O3. The number of nitrogens with one attached hydrogen (secondary N) is 1. The van der Waals surface area contributed by atoms with Crippen LogP contribution in [-0.4, -0.2) is 28.7 Å². The minimum atomic E-state index is -1.01. The molecule has 0 unspecified atom stereocenters. The van der Waals surface area contributed by atoms with Crippen molar-refractivity contribution in [1.82, 2.24) is 4.90 Å². The number of benzene rings is 2. The van der Waals surface area contributed by atoms with Gasteiger partial charge in [0.2, 0.25) is 5.91 Å². The second-order valence-electron chi connectivity index (χ2n) is 5.66. The summed E-state index contributed by atoms with van der Waals surface area (Å²) in [6, 6.07) is 9.71. The Labute approximate surface area is 138 Å². The molecule has 1 atom stereocenters. The fraction of sp³-hybridized carbons (Fsp3) is 0.167. The summed E-state index contributed by atoms with van der Waals surface area (Å²) < 4.78 is 13.6. The third-order valence-corrected chi connectivity index (χ3v) is 4.03. The zero-order valence-corrected chi connectivity index (χ0v) is 13.2. The molecule has 0 saturated heterocycles. The fourth-order valence-electron chi connectivity index (χ4n) is 2.59. The summed E-state index contributed by atoms with van der Waals surface area (Å²) in [5, 5.41) is 2.53. The first-order valence-corrected chi connectivity index (χ1v) is 7.44. The predicted octanol–water partition coefficient (Wildman–Crippen LogP) is 2.76. The smallest absolute Gasteiger partial charge is 0.262 e. The first-order chi connectivity index (χ1) is 11.4. The molecule has 0 bridgehead atoms. The largest absolute Gasteiger partial charge is 0.324 e. The van der Waals surface area contributed by atoms with Crippen LogP contribution < -0.4 is 5.32 Å². The molecule has 2 aromatic rings. The summed E-state index contributed by atoms with van der Waals surface area (Å²) in [6.07, 6.45) is 0. The molecule has 24 heavy (non-hydrogen) atoms. The molecule has 1 heterocycles. The van der Waals surface area contributed by atoms with Crippen molar-refractivity contribution in [2.45, 2.75) is 19.9 Å². The van der Waals surface area contributed by atoms with Gasteiger partial charge in [0.25, 0.3) is 11.8 Å². The Morgan fingerprint density at radius 2 is 1.67 bits per heavy atom. The van der Waals surface area contributed by atoms with Crippen LogP contribution in [0.3, 0.4) is 0 Å². The predicted molar refractivity (Wildman–Crippen MR) is 86.2 cm³/mol. The Morgan fingerprint density at radius 1 is 1.08 bits per heavy atom. The van der Waals surface area contributed by atoms with E-state index in [1.807, 2.05) is 0 Å². The van der Waals surface area contributed by atoms with Gasteiger partial charge in [-0.15, -0.1) is 0 Å². The van der Waals surface area contributed by atoms with Gasteiger partial charge in [-0.1, -0.05) is 18.2 Å². The number of carbonyl (C=O) groups excluding carboxylic acids is 3. The first kappa shape index (κ1) is 15.9. The molecule has 0 fully saturated rings. The second-order valence-corrected chi connectivity index (χ2v) is 5.66. The van der Waals surface area contributed by atoms with Crippen molar-refractivity contribution in [3.8, 4) is 0 Å². The number of halogens is 1. The van der Waals surface area contributed by atoms with Crippen LogP contribution in [0.2, 0.25) is 0 Å². The van der Waals surface area contributed by atoms with Crippen molar-refractivity contribution in [3.63, 3.8) is 0 Å². The van der Waals surface area contributed by atoms with Crippen LogP contribution >= 0.6 is 0 Å². The van der Waals surface area contributed by atoms with Gasteiger partial charge in [0.05, 0.1) is 11.1 Å². The van der Waals surface area contributed by atoms with Crippen molar-refractivity contribution in [3.05, 3.63) is 65.0 Å².